The van der Waals surface area contributed by atoms with Crippen LogP contribution in [0.2, 0.25) is 0 Å². The van der Waals surface area contributed by atoms with Gasteiger partial charge in [-0.2, -0.15) is 0 Å². The highest BCUT2D eigenvalue weighted by atomic mass is 32.2. The van der Waals surface area contributed by atoms with Gasteiger partial charge in [0.25, 0.3) is 0 Å². The zero-order valence-corrected chi connectivity index (χ0v) is 20.5. The summed E-state index contributed by atoms with van der Waals surface area (Å²) in [6, 6.07) is 17.2. The summed E-state index contributed by atoms with van der Waals surface area (Å²) in [6.45, 7) is 6.53. The zero-order chi connectivity index (χ0) is 23.7. The lowest BCUT2D eigenvalue weighted by Crippen LogP contribution is -2.48. The molecule has 0 spiro atoms. The van der Waals surface area contributed by atoms with Gasteiger partial charge in [0.05, 0.1) is 7.11 Å². The number of fused-ring (bicyclic) bond motifs is 2. The van der Waals surface area contributed by atoms with Crippen molar-refractivity contribution in [1.29, 1.82) is 0 Å². The van der Waals surface area contributed by atoms with E-state index in [0.717, 1.165) is 55.5 Å². The van der Waals surface area contributed by atoms with E-state index in [0.29, 0.717) is 6.42 Å². The van der Waals surface area contributed by atoms with Crippen molar-refractivity contribution >= 4 is 39.8 Å². The minimum atomic E-state index is -0.727. The Balaban J connectivity index is 1.29. The molecule has 2 aliphatic heterocycles. The van der Waals surface area contributed by atoms with Crippen molar-refractivity contribution in [3.05, 3.63) is 66.0 Å². The highest BCUT2D eigenvalue weighted by Gasteiger charge is 2.47. The molecule has 1 N–H and O–H groups in total. The predicted octanol–water partition coefficient (Wildman–Crippen LogP) is 5.10. The van der Waals surface area contributed by atoms with Crippen LogP contribution in [0.5, 0.6) is 5.75 Å². The van der Waals surface area contributed by atoms with Crippen LogP contribution in [0.15, 0.2) is 54.6 Å². The van der Waals surface area contributed by atoms with E-state index in [1.807, 2.05) is 6.07 Å². The minimum Gasteiger partial charge on any atom is -0.497 e. The van der Waals surface area contributed by atoms with Crippen molar-refractivity contribution in [2.45, 2.75) is 18.1 Å². The number of ether oxygens (including phenoxy) is 1. The van der Waals surface area contributed by atoms with Gasteiger partial charge < -0.3 is 15.0 Å². The number of hydrogen-bond acceptors (Lipinski definition) is 5. The first-order valence-electron chi connectivity index (χ1n) is 11.8. The molecule has 1 atom stereocenters. The van der Waals surface area contributed by atoms with Crippen LogP contribution in [0.4, 0.5) is 15.8 Å². The van der Waals surface area contributed by atoms with Gasteiger partial charge in [-0.15, -0.1) is 11.8 Å². The van der Waals surface area contributed by atoms with E-state index in [-0.39, 0.29) is 11.7 Å². The van der Waals surface area contributed by atoms with Crippen LogP contribution in [0.25, 0.3) is 10.8 Å². The van der Waals surface area contributed by atoms with Gasteiger partial charge in [0.15, 0.2) is 0 Å². The number of amides is 1. The lowest BCUT2D eigenvalue weighted by molar-refractivity contribution is -0.118. The average Bonchev–Trinajstić information content (AvgIpc) is 3.13. The standard InChI is InChI=1S/C27H30FN3O2S/c1-3-34-27(23-17-20(28)8-10-24(23)29-26(27)32)11-12-30-13-15-31(16-14-30)25-6-4-5-19-7-9-21(33-2)18-22(19)25/h4-10,17-18H,3,11-16H2,1-2H3,(H,29,32). The molecule has 0 aliphatic carbocycles. The number of thioether (sulfide) groups is 1. The topological polar surface area (TPSA) is 44.8 Å². The second kappa shape index (κ2) is 9.47. The van der Waals surface area contributed by atoms with Gasteiger partial charge in [0, 0.05) is 55.0 Å². The molecule has 2 heterocycles. The fraction of sp³-hybridized carbons (Fsp3) is 0.370. The fourth-order valence-electron chi connectivity index (χ4n) is 5.18. The SMILES string of the molecule is CCSC1(CCN2CCN(c3cccc4ccc(OC)cc34)CC2)C(=O)Nc2ccc(F)cc21. The lowest BCUT2D eigenvalue weighted by Gasteiger charge is -2.38. The third-order valence-corrected chi connectivity index (χ3v) is 8.37. The Morgan fingerprint density at radius 1 is 1.09 bits per heavy atom. The number of halogens is 1. The average molecular weight is 480 g/mol. The zero-order valence-electron chi connectivity index (χ0n) is 19.6. The largest absolute Gasteiger partial charge is 0.497 e. The summed E-state index contributed by atoms with van der Waals surface area (Å²) in [4.78, 5) is 17.9. The second-order valence-corrected chi connectivity index (χ2v) is 10.4. The maximum Gasteiger partial charge on any atom is 0.245 e. The third-order valence-electron chi connectivity index (χ3n) is 6.98. The molecule has 1 unspecified atom stereocenters. The van der Waals surface area contributed by atoms with Crippen molar-refractivity contribution in [3.63, 3.8) is 0 Å². The first kappa shape index (κ1) is 23.0. The number of anilines is 2. The smallest absolute Gasteiger partial charge is 0.245 e. The summed E-state index contributed by atoms with van der Waals surface area (Å²) in [5, 5.41) is 5.39. The van der Waals surface area contributed by atoms with Gasteiger partial charge in [-0.3, -0.25) is 9.69 Å². The Kier molecular flexibility index (Phi) is 6.40. The van der Waals surface area contributed by atoms with Crippen LogP contribution >= 0.6 is 11.8 Å². The first-order chi connectivity index (χ1) is 16.5. The molecule has 0 bridgehead atoms. The maximum atomic E-state index is 14.1. The molecule has 7 heteroatoms. The summed E-state index contributed by atoms with van der Waals surface area (Å²) < 4.78 is 18.8. The molecule has 1 amide bonds. The van der Waals surface area contributed by atoms with Crippen LogP contribution in [0.3, 0.4) is 0 Å². The van der Waals surface area contributed by atoms with Crippen LogP contribution in [-0.4, -0.2) is 56.4 Å². The van der Waals surface area contributed by atoms with Crippen molar-refractivity contribution in [3.8, 4) is 5.75 Å². The molecule has 5 nitrogen and oxygen atoms in total. The molecule has 5 rings (SSSR count). The van der Waals surface area contributed by atoms with E-state index < -0.39 is 4.75 Å². The van der Waals surface area contributed by atoms with Crippen molar-refractivity contribution in [2.75, 3.05) is 55.8 Å². The summed E-state index contributed by atoms with van der Waals surface area (Å²) in [5.74, 6) is 1.34. The third kappa shape index (κ3) is 4.12. The first-order valence-corrected chi connectivity index (χ1v) is 12.8. The summed E-state index contributed by atoms with van der Waals surface area (Å²) in [6.07, 6.45) is 0.666. The van der Waals surface area contributed by atoms with E-state index in [1.54, 1.807) is 24.9 Å². The number of carbonyl (C=O) groups is 1. The fourth-order valence-corrected chi connectivity index (χ4v) is 6.42. The molecular formula is C27H30FN3O2S. The summed E-state index contributed by atoms with van der Waals surface area (Å²) in [7, 11) is 1.70. The number of nitrogens with one attached hydrogen (secondary N) is 1. The Bertz CT molecular complexity index is 1210. The lowest BCUT2D eigenvalue weighted by atomic mass is 9.95. The number of carbonyl (C=O) groups excluding carboxylic acids is 1. The summed E-state index contributed by atoms with van der Waals surface area (Å²) in [5.41, 5.74) is 2.75. The van der Waals surface area contributed by atoms with E-state index in [1.165, 1.54) is 28.6 Å². The number of hydrogen-bond donors (Lipinski definition) is 1. The predicted molar refractivity (Wildman–Crippen MR) is 139 cm³/mol. The van der Waals surface area contributed by atoms with Gasteiger partial charge in [-0.25, -0.2) is 4.39 Å². The van der Waals surface area contributed by atoms with Crippen molar-refractivity contribution in [1.82, 2.24) is 4.90 Å². The molecule has 3 aromatic rings. The summed E-state index contributed by atoms with van der Waals surface area (Å²) >= 11 is 1.61. The molecule has 3 aromatic carbocycles. The molecule has 1 saturated heterocycles. The van der Waals surface area contributed by atoms with E-state index in [2.05, 4.69) is 52.4 Å². The van der Waals surface area contributed by atoms with Gasteiger partial charge in [0.1, 0.15) is 16.3 Å². The Morgan fingerprint density at radius 3 is 2.68 bits per heavy atom. The molecule has 178 valence electrons. The van der Waals surface area contributed by atoms with Crippen LogP contribution < -0.4 is 15.0 Å². The van der Waals surface area contributed by atoms with E-state index >= 15 is 0 Å². The van der Waals surface area contributed by atoms with Crippen molar-refractivity contribution < 1.29 is 13.9 Å². The Hall–Kier alpha value is -2.77. The van der Waals surface area contributed by atoms with E-state index in [4.69, 9.17) is 4.74 Å². The van der Waals surface area contributed by atoms with Gasteiger partial charge in [-0.1, -0.05) is 25.1 Å². The van der Waals surface area contributed by atoms with Crippen LogP contribution in [0, 0.1) is 5.82 Å². The van der Waals surface area contributed by atoms with Gasteiger partial charge in [0.2, 0.25) is 5.91 Å². The van der Waals surface area contributed by atoms with Crippen LogP contribution in [-0.2, 0) is 9.54 Å². The molecule has 0 aromatic heterocycles. The van der Waals surface area contributed by atoms with Gasteiger partial charge in [-0.05, 0) is 54.0 Å². The highest BCUT2D eigenvalue weighted by molar-refractivity contribution is 8.01. The molecule has 1 fully saturated rings. The number of methoxy groups -OCH3 is 1. The quantitative estimate of drug-likeness (QED) is 0.511. The Morgan fingerprint density at radius 2 is 1.91 bits per heavy atom. The molecule has 0 radical (unpaired) electrons. The Labute approximate surface area is 204 Å². The van der Waals surface area contributed by atoms with E-state index in [9.17, 15) is 9.18 Å². The number of benzene rings is 3. The minimum absolute atomic E-state index is 0.0247. The normalized spacial score (nSPS) is 20.4. The van der Waals surface area contributed by atoms with Crippen LogP contribution in [0.1, 0.15) is 18.9 Å². The molecule has 34 heavy (non-hydrogen) atoms. The molecular weight excluding hydrogens is 449 g/mol. The maximum absolute atomic E-state index is 14.1. The number of rotatable bonds is 7. The second-order valence-electron chi connectivity index (χ2n) is 8.85. The number of piperazine rings is 1. The molecule has 0 saturated carbocycles. The molecule has 2 aliphatic rings. The van der Waals surface area contributed by atoms with Gasteiger partial charge >= 0.3 is 0 Å². The van der Waals surface area contributed by atoms with Crippen molar-refractivity contribution in [2.24, 2.45) is 0 Å². The monoisotopic (exact) mass is 479 g/mol. The highest BCUT2D eigenvalue weighted by Crippen LogP contribution is 2.48. The number of nitrogens with zero attached hydrogens (tertiary/aromatic N) is 2.